The Morgan fingerprint density at radius 1 is 1.12 bits per heavy atom. The van der Waals surface area contributed by atoms with E-state index in [1.165, 1.54) is 0 Å². The summed E-state index contributed by atoms with van der Waals surface area (Å²) in [5, 5.41) is 15.1. The maximum Gasteiger partial charge on any atom is 0.251 e. The fourth-order valence-electron chi connectivity index (χ4n) is 2.58. The molecule has 2 aromatic rings. The molecular formula is C19H22N2O3. The van der Waals surface area contributed by atoms with E-state index in [-0.39, 0.29) is 11.8 Å². The Balaban J connectivity index is 2.00. The third-order valence-electron chi connectivity index (χ3n) is 3.78. The van der Waals surface area contributed by atoms with Crippen LogP contribution in [0.1, 0.15) is 35.2 Å². The maximum atomic E-state index is 12.3. The molecule has 2 atom stereocenters. The van der Waals surface area contributed by atoms with Crippen LogP contribution in [0.4, 0.5) is 5.69 Å². The number of carbonyl (C=O) groups is 2. The minimum atomic E-state index is -0.444. The normalized spacial score (nSPS) is 12.9. The molecule has 126 valence electrons. The van der Waals surface area contributed by atoms with Crippen LogP contribution >= 0.6 is 0 Å². The number of benzene rings is 2. The Bertz CT molecular complexity index is 654. The zero-order chi connectivity index (χ0) is 17.4. The standard InChI is InChI=1S/C19H22N2O3/c1-14(23)11-17(15-5-3-2-4-6-15)12-20-19(24)16-7-9-18(10-8-16)21-13-22/h2-10,13-14,17,23H,11-12H2,1H3,(H,20,24)(H,21,22). The van der Waals surface area contributed by atoms with E-state index < -0.39 is 6.10 Å². The predicted octanol–water partition coefficient (Wildman–Crippen LogP) is 2.54. The number of hydrogen-bond donors (Lipinski definition) is 3. The molecule has 0 aliphatic rings. The molecule has 0 saturated carbocycles. The van der Waals surface area contributed by atoms with Crippen molar-refractivity contribution >= 4 is 18.0 Å². The Morgan fingerprint density at radius 3 is 2.38 bits per heavy atom. The van der Waals surface area contributed by atoms with Crippen molar-refractivity contribution in [1.82, 2.24) is 5.32 Å². The van der Waals surface area contributed by atoms with Gasteiger partial charge in [0, 0.05) is 23.7 Å². The molecular weight excluding hydrogens is 304 g/mol. The second-order valence-corrected chi connectivity index (χ2v) is 5.74. The third kappa shape index (κ3) is 5.21. The molecule has 2 unspecified atom stereocenters. The fourth-order valence-corrected chi connectivity index (χ4v) is 2.58. The van der Waals surface area contributed by atoms with Gasteiger partial charge in [-0.3, -0.25) is 9.59 Å². The van der Waals surface area contributed by atoms with E-state index in [1.807, 2.05) is 30.3 Å². The first-order valence-corrected chi connectivity index (χ1v) is 7.91. The third-order valence-corrected chi connectivity index (χ3v) is 3.78. The minimum absolute atomic E-state index is 0.0474. The predicted molar refractivity (Wildman–Crippen MR) is 93.9 cm³/mol. The molecule has 2 amide bonds. The maximum absolute atomic E-state index is 12.3. The van der Waals surface area contributed by atoms with Crippen LogP contribution in [0.2, 0.25) is 0 Å². The Labute approximate surface area is 141 Å². The summed E-state index contributed by atoms with van der Waals surface area (Å²) in [5.74, 6) is -0.134. The number of aliphatic hydroxyl groups is 1. The lowest BCUT2D eigenvalue weighted by atomic mass is 9.93. The summed E-state index contributed by atoms with van der Waals surface area (Å²) in [4.78, 5) is 22.7. The number of nitrogens with one attached hydrogen (secondary N) is 2. The van der Waals surface area contributed by atoms with Crippen LogP contribution in [0.25, 0.3) is 0 Å². The topological polar surface area (TPSA) is 78.4 Å². The molecule has 2 aromatic carbocycles. The Morgan fingerprint density at radius 2 is 1.79 bits per heavy atom. The Hall–Kier alpha value is -2.66. The SMILES string of the molecule is CC(O)CC(CNC(=O)c1ccc(NC=O)cc1)c1ccccc1. The summed E-state index contributed by atoms with van der Waals surface area (Å²) in [6.45, 7) is 2.19. The van der Waals surface area contributed by atoms with Gasteiger partial charge in [0.2, 0.25) is 6.41 Å². The molecule has 0 saturated heterocycles. The summed E-state index contributed by atoms with van der Waals surface area (Å²) in [5.41, 5.74) is 2.25. The van der Waals surface area contributed by atoms with Gasteiger partial charge in [-0.15, -0.1) is 0 Å². The first-order valence-electron chi connectivity index (χ1n) is 7.91. The minimum Gasteiger partial charge on any atom is -0.393 e. The van der Waals surface area contributed by atoms with Crippen molar-refractivity contribution in [2.24, 2.45) is 0 Å². The van der Waals surface area contributed by atoms with Crippen molar-refractivity contribution in [3.05, 3.63) is 65.7 Å². The number of amides is 2. The first kappa shape index (κ1) is 17.7. The van der Waals surface area contributed by atoms with Gasteiger partial charge in [0.1, 0.15) is 0 Å². The molecule has 24 heavy (non-hydrogen) atoms. The van der Waals surface area contributed by atoms with Crippen LogP contribution in [-0.2, 0) is 4.79 Å². The van der Waals surface area contributed by atoms with Crippen molar-refractivity contribution in [1.29, 1.82) is 0 Å². The largest absolute Gasteiger partial charge is 0.393 e. The van der Waals surface area contributed by atoms with Gasteiger partial charge in [0.15, 0.2) is 0 Å². The molecule has 0 heterocycles. The lowest BCUT2D eigenvalue weighted by Crippen LogP contribution is -2.29. The summed E-state index contributed by atoms with van der Waals surface area (Å²) in [7, 11) is 0. The van der Waals surface area contributed by atoms with Crippen LogP contribution in [0.5, 0.6) is 0 Å². The number of rotatable bonds is 8. The smallest absolute Gasteiger partial charge is 0.251 e. The van der Waals surface area contributed by atoms with Crippen molar-refractivity contribution in [3.8, 4) is 0 Å². The fraction of sp³-hybridized carbons (Fsp3) is 0.263. The van der Waals surface area contributed by atoms with E-state index in [1.54, 1.807) is 31.2 Å². The summed E-state index contributed by atoms with van der Waals surface area (Å²) >= 11 is 0. The second-order valence-electron chi connectivity index (χ2n) is 5.74. The second kappa shape index (κ2) is 8.84. The lowest BCUT2D eigenvalue weighted by Gasteiger charge is -2.19. The van der Waals surface area contributed by atoms with Crippen LogP contribution in [-0.4, -0.2) is 30.1 Å². The van der Waals surface area contributed by atoms with Gasteiger partial charge in [-0.1, -0.05) is 30.3 Å². The van der Waals surface area contributed by atoms with Crippen molar-refractivity contribution < 1.29 is 14.7 Å². The van der Waals surface area contributed by atoms with Crippen LogP contribution in [0.3, 0.4) is 0 Å². The van der Waals surface area contributed by atoms with Gasteiger partial charge in [0.25, 0.3) is 5.91 Å². The molecule has 0 radical (unpaired) electrons. The zero-order valence-corrected chi connectivity index (χ0v) is 13.6. The highest BCUT2D eigenvalue weighted by molar-refractivity contribution is 5.94. The van der Waals surface area contributed by atoms with E-state index in [9.17, 15) is 14.7 Å². The molecule has 0 aliphatic carbocycles. The molecule has 5 heteroatoms. The van der Waals surface area contributed by atoms with Crippen molar-refractivity contribution in [2.45, 2.75) is 25.4 Å². The molecule has 0 aliphatic heterocycles. The van der Waals surface area contributed by atoms with E-state index in [2.05, 4.69) is 10.6 Å². The number of aliphatic hydroxyl groups excluding tert-OH is 1. The highest BCUT2D eigenvalue weighted by atomic mass is 16.3. The summed E-state index contributed by atoms with van der Waals surface area (Å²) < 4.78 is 0. The molecule has 0 fully saturated rings. The van der Waals surface area contributed by atoms with Gasteiger partial charge in [-0.05, 0) is 43.2 Å². The van der Waals surface area contributed by atoms with Gasteiger partial charge in [-0.25, -0.2) is 0 Å². The first-order chi connectivity index (χ1) is 11.6. The molecule has 0 spiro atoms. The molecule has 2 rings (SSSR count). The highest BCUT2D eigenvalue weighted by Crippen LogP contribution is 2.20. The zero-order valence-electron chi connectivity index (χ0n) is 13.6. The van der Waals surface area contributed by atoms with Crippen LogP contribution < -0.4 is 10.6 Å². The summed E-state index contributed by atoms with van der Waals surface area (Å²) in [6, 6.07) is 16.5. The van der Waals surface area contributed by atoms with E-state index in [4.69, 9.17) is 0 Å². The van der Waals surface area contributed by atoms with Crippen molar-refractivity contribution in [2.75, 3.05) is 11.9 Å². The van der Waals surface area contributed by atoms with E-state index in [0.717, 1.165) is 5.56 Å². The Kier molecular flexibility index (Phi) is 6.51. The lowest BCUT2D eigenvalue weighted by molar-refractivity contribution is -0.105. The average Bonchev–Trinajstić information content (AvgIpc) is 2.60. The molecule has 0 aromatic heterocycles. The number of hydrogen-bond acceptors (Lipinski definition) is 3. The van der Waals surface area contributed by atoms with Gasteiger partial charge in [-0.2, -0.15) is 0 Å². The van der Waals surface area contributed by atoms with Gasteiger partial charge in [0.05, 0.1) is 6.10 Å². The van der Waals surface area contributed by atoms with Crippen molar-refractivity contribution in [3.63, 3.8) is 0 Å². The van der Waals surface area contributed by atoms with Gasteiger partial charge < -0.3 is 15.7 Å². The molecule has 5 nitrogen and oxygen atoms in total. The molecule has 0 bridgehead atoms. The van der Waals surface area contributed by atoms with Crippen LogP contribution in [0, 0.1) is 0 Å². The highest BCUT2D eigenvalue weighted by Gasteiger charge is 2.16. The van der Waals surface area contributed by atoms with E-state index >= 15 is 0 Å². The van der Waals surface area contributed by atoms with Gasteiger partial charge >= 0.3 is 0 Å². The number of carbonyl (C=O) groups excluding carboxylic acids is 2. The van der Waals surface area contributed by atoms with Crippen LogP contribution in [0.15, 0.2) is 54.6 Å². The number of anilines is 1. The quantitative estimate of drug-likeness (QED) is 0.652. The summed E-state index contributed by atoms with van der Waals surface area (Å²) in [6.07, 6.45) is 0.725. The van der Waals surface area contributed by atoms with E-state index in [0.29, 0.717) is 30.6 Å². The molecule has 3 N–H and O–H groups in total. The average molecular weight is 326 g/mol. The monoisotopic (exact) mass is 326 g/mol.